The molecule has 0 heterocycles. The van der Waals surface area contributed by atoms with Crippen molar-refractivity contribution >= 4 is 20.7 Å². The Bertz CT molecular complexity index is 412. The Labute approximate surface area is 146 Å². The normalized spacial score (nSPS) is 15.0. The average Bonchev–Trinajstić information content (AvgIpc) is 2.54. The Balaban J connectivity index is 4.58. The molecule has 0 aromatic heterocycles. The maximum Gasteiger partial charge on any atom is 0.500 e. The van der Waals surface area contributed by atoms with Gasteiger partial charge in [-0.2, -0.15) is 0 Å². The SMILES string of the molecule is CCC(C)(CC(C)(C)C(=O)OCCC[Si](OC)(OC)OC)C(=O)O. The molecule has 7 nitrogen and oxygen atoms in total. The average molecular weight is 365 g/mol. The van der Waals surface area contributed by atoms with Gasteiger partial charge in [0.05, 0.1) is 17.4 Å². The monoisotopic (exact) mass is 364 g/mol. The third-order valence-corrected chi connectivity index (χ3v) is 7.31. The number of carboxylic acids is 1. The lowest BCUT2D eigenvalue weighted by molar-refractivity contribution is -0.160. The topological polar surface area (TPSA) is 91.3 Å². The molecule has 0 aliphatic heterocycles. The van der Waals surface area contributed by atoms with Gasteiger partial charge < -0.3 is 23.1 Å². The van der Waals surface area contributed by atoms with Crippen molar-refractivity contribution in [1.29, 1.82) is 0 Å². The van der Waals surface area contributed by atoms with Crippen molar-refractivity contribution in [2.24, 2.45) is 10.8 Å². The zero-order chi connectivity index (χ0) is 19.0. The summed E-state index contributed by atoms with van der Waals surface area (Å²) in [6, 6.07) is 0.534. The molecule has 0 saturated heterocycles. The Morgan fingerprint density at radius 1 is 1.04 bits per heavy atom. The van der Waals surface area contributed by atoms with Gasteiger partial charge >= 0.3 is 20.7 Å². The molecule has 0 rings (SSSR count). The van der Waals surface area contributed by atoms with E-state index in [0.717, 1.165) is 0 Å². The summed E-state index contributed by atoms with van der Waals surface area (Å²) in [6.07, 6.45) is 1.22. The van der Waals surface area contributed by atoms with Crippen LogP contribution in [0.5, 0.6) is 0 Å². The standard InChI is InChI=1S/C16H32O7Si/c1-8-16(4,13(17)18)12-15(2,3)14(19)23-10-9-11-24(20-5,21-6)22-7/h8-12H2,1-7H3,(H,17,18). The van der Waals surface area contributed by atoms with E-state index >= 15 is 0 Å². The maximum absolute atomic E-state index is 12.3. The Morgan fingerprint density at radius 2 is 1.54 bits per heavy atom. The van der Waals surface area contributed by atoms with Crippen molar-refractivity contribution in [2.45, 2.75) is 53.0 Å². The molecule has 0 aromatic carbocycles. The number of rotatable bonds is 12. The van der Waals surface area contributed by atoms with E-state index in [9.17, 15) is 14.7 Å². The van der Waals surface area contributed by atoms with Crippen LogP contribution in [0.1, 0.15) is 47.0 Å². The van der Waals surface area contributed by atoms with Gasteiger partial charge in [0.15, 0.2) is 0 Å². The summed E-state index contributed by atoms with van der Waals surface area (Å²) in [5.41, 5.74) is -1.83. The summed E-state index contributed by atoms with van der Waals surface area (Å²) < 4.78 is 21.2. The third kappa shape index (κ3) is 6.16. The van der Waals surface area contributed by atoms with Gasteiger partial charge in [-0.15, -0.1) is 0 Å². The fraction of sp³-hybridized carbons (Fsp3) is 0.875. The van der Waals surface area contributed by atoms with Crippen LogP contribution in [0, 0.1) is 10.8 Å². The number of hydrogen-bond donors (Lipinski definition) is 1. The molecule has 1 unspecified atom stereocenters. The van der Waals surface area contributed by atoms with Crippen LogP contribution in [0.4, 0.5) is 0 Å². The van der Waals surface area contributed by atoms with Crippen molar-refractivity contribution in [1.82, 2.24) is 0 Å². The van der Waals surface area contributed by atoms with Crippen molar-refractivity contribution < 1.29 is 32.7 Å². The van der Waals surface area contributed by atoms with Crippen molar-refractivity contribution in [3.05, 3.63) is 0 Å². The molecule has 0 spiro atoms. The van der Waals surface area contributed by atoms with Gasteiger partial charge in [0, 0.05) is 27.4 Å². The molecule has 142 valence electrons. The fourth-order valence-electron chi connectivity index (χ4n) is 2.60. The van der Waals surface area contributed by atoms with Gasteiger partial charge in [-0.1, -0.05) is 6.92 Å². The highest BCUT2D eigenvalue weighted by Crippen LogP contribution is 2.37. The number of esters is 1. The van der Waals surface area contributed by atoms with E-state index in [1.54, 1.807) is 27.7 Å². The van der Waals surface area contributed by atoms with Gasteiger partial charge in [-0.25, -0.2) is 0 Å². The molecule has 0 aromatic rings. The van der Waals surface area contributed by atoms with Crippen LogP contribution < -0.4 is 0 Å². The van der Waals surface area contributed by atoms with Crippen molar-refractivity contribution in [2.75, 3.05) is 27.9 Å². The van der Waals surface area contributed by atoms with Crippen molar-refractivity contribution in [3.8, 4) is 0 Å². The second kappa shape index (κ2) is 9.50. The minimum atomic E-state index is -2.66. The largest absolute Gasteiger partial charge is 0.500 e. The van der Waals surface area contributed by atoms with E-state index < -0.39 is 31.6 Å². The zero-order valence-corrected chi connectivity index (χ0v) is 16.9. The molecular weight excluding hydrogens is 332 g/mol. The maximum atomic E-state index is 12.3. The molecule has 0 aliphatic rings. The summed E-state index contributed by atoms with van der Waals surface area (Å²) in [5.74, 6) is -1.30. The van der Waals surface area contributed by atoms with Gasteiger partial charge in [-0.3, -0.25) is 9.59 Å². The molecule has 1 atom stereocenters. The first-order valence-corrected chi connectivity index (χ1v) is 10.0. The Kier molecular flexibility index (Phi) is 9.12. The van der Waals surface area contributed by atoms with Crippen molar-refractivity contribution in [3.63, 3.8) is 0 Å². The first-order valence-electron chi connectivity index (χ1n) is 8.08. The zero-order valence-electron chi connectivity index (χ0n) is 15.9. The quantitative estimate of drug-likeness (QED) is 0.323. The van der Waals surface area contributed by atoms with Crippen LogP contribution in [0.3, 0.4) is 0 Å². The molecule has 0 bridgehead atoms. The lowest BCUT2D eigenvalue weighted by Gasteiger charge is -2.32. The van der Waals surface area contributed by atoms with Crippen LogP contribution in [0.2, 0.25) is 6.04 Å². The summed E-state index contributed by atoms with van der Waals surface area (Å²) >= 11 is 0. The number of aliphatic carboxylic acids is 1. The third-order valence-electron chi connectivity index (χ3n) is 4.47. The number of hydrogen-bond acceptors (Lipinski definition) is 6. The lowest BCUT2D eigenvalue weighted by Crippen LogP contribution is -2.43. The van der Waals surface area contributed by atoms with Gasteiger partial charge in [-0.05, 0) is 40.0 Å². The summed E-state index contributed by atoms with van der Waals surface area (Å²) in [7, 11) is 1.94. The Hall–Kier alpha value is -0.963. The van der Waals surface area contributed by atoms with E-state index in [4.69, 9.17) is 18.0 Å². The highest BCUT2D eigenvalue weighted by Gasteiger charge is 2.42. The summed E-state index contributed by atoms with van der Waals surface area (Å²) in [5, 5.41) is 9.37. The van der Waals surface area contributed by atoms with E-state index in [1.807, 2.05) is 0 Å². The number of carboxylic acid groups (broad SMARTS) is 1. The molecule has 8 heteroatoms. The second-order valence-electron chi connectivity index (χ2n) is 6.81. The Morgan fingerprint density at radius 3 is 1.92 bits per heavy atom. The molecule has 0 saturated carbocycles. The minimum absolute atomic E-state index is 0.211. The predicted octanol–water partition coefficient (Wildman–Crippen LogP) is 2.72. The molecule has 24 heavy (non-hydrogen) atoms. The van der Waals surface area contributed by atoms with Crippen LogP contribution in [0.25, 0.3) is 0 Å². The first kappa shape index (κ1) is 23.0. The predicted molar refractivity (Wildman–Crippen MR) is 91.6 cm³/mol. The minimum Gasteiger partial charge on any atom is -0.481 e. The molecule has 0 fully saturated rings. The molecule has 1 N–H and O–H groups in total. The fourth-order valence-corrected chi connectivity index (χ4v) is 4.29. The number of carbonyl (C=O) groups excluding carboxylic acids is 1. The molecular formula is C16H32O7Si. The summed E-state index contributed by atoms with van der Waals surface area (Å²) in [4.78, 5) is 23.7. The number of carbonyl (C=O) groups is 2. The highest BCUT2D eigenvalue weighted by molar-refractivity contribution is 6.60. The van der Waals surface area contributed by atoms with Gasteiger partial charge in [0.1, 0.15) is 0 Å². The summed E-state index contributed by atoms with van der Waals surface area (Å²) in [6.45, 7) is 7.10. The number of ether oxygens (including phenoxy) is 1. The van der Waals surface area contributed by atoms with Crippen LogP contribution in [0.15, 0.2) is 0 Å². The van der Waals surface area contributed by atoms with E-state index in [0.29, 0.717) is 18.9 Å². The highest BCUT2D eigenvalue weighted by atomic mass is 28.4. The van der Waals surface area contributed by atoms with E-state index in [2.05, 4.69) is 0 Å². The smallest absolute Gasteiger partial charge is 0.481 e. The van der Waals surface area contributed by atoms with Crippen LogP contribution in [-0.2, 0) is 27.6 Å². The van der Waals surface area contributed by atoms with E-state index in [1.165, 1.54) is 21.3 Å². The van der Waals surface area contributed by atoms with Crippen LogP contribution in [-0.4, -0.2) is 53.8 Å². The van der Waals surface area contributed by atoms with Gasteiger partial charge in [0.2, 0.25) is 0 Å². The van der Waals surface area contributed by atoms with Crippen LogP contribution >= 0.6 is 0 Å². The lowest BCUT2D eigenvalue weighted by atomic mass is 9.72. The molecule has 0 aliphatic carbocycles. The first-order chi connectivity index (χ1) is 11.0. The molecule has 0 amide bonds. The second-order valence-corrected chi connectivity index (χ2v) is 9.91. The van der Waals surface area contributed by atoms with Gasteiger partial charge in [0.25, 0.3) is 0 Å². The molecule has 0 radical (unpaired) electrons. The van der Waals surface area contributed by atoms with E-state index in [-0.39, 0.29) is 13.0 Å².